The standard InChI is InChI=1S/C28H32ClN3O4S/c1-21(32(37(3,34)35)24-14-15-26(36-2)25(29)20-24)28(33)31-18-16-30(17-19-31)27(22-10-6-4-7-11-22)23-12-8-5-9-13-23/h4-15,20-21,27H,16-19H2,1-3H3/t21-/m1/s1. The fourth-order valence-corrected chi connectivity index (χ4v) is 6.36. The van der Waals surface area contributed by atoms with Crippen molar-refractivity contribution in [1.29, 1.82) is 0 Å². The second kappa shape index (κ2) is 11.5. The van der Waals surface area contributed by atoms with Gasteiger partial charge in [0.15, 0.2) is 0 Å². The van der Waals surface area contributed by atoms with Gasteiger partial charge in [0, 0.05) is 26.2 Å². The van der Waals surface area contributed by atoms with Crippen LogP contribution in [-0.4, -0.2) is 69.7 Å². The van der Waals surface area contributed by atoms with Gasteiger partial charge in [0.2, 0.25) is 15.9 Å². The first kappa shape index (κ1) is 27.0. The summed E-state index contributed by atoms with van der Waals surface area (Å²) in [5.74, 6) is 0.188. The molecule has 0 unspecified atom stereocenters. The minimum Gasteiger partial charge on any atom is -0.495 e. The van der Waals surface area contributed by atoms with Crippen molar-refractivity contribution in [1.82, 2.24) is 9.80 Å². The van der Waals surface area contributed by atoms with Crippen LogP contribution < -0.4 is 9.04 Å². The number of carbonyl (C=O) groups is 1. The Morgan fingerprint density at radius 2 is 1.46 bits per heavy atom. The number of anilines is 1. The Morgan fingerprint density at radius 1 is 0.919 bits per heavy atom. The molecule has 7 nitrogen and oxygen atoms in total. The molecule has 1 amide bonds. The van der Waals surface area contributed by atoms with E-state index in [0.717, 1.165) is 10.6 Å². The third-order valence-corrected chi connectivity index (χ3v) is 8.22. The highest BCUT2D eigenvalue weighted by atomic mass is 35.5. The summed E-state index contributed by atoms with van der Waals surface area (Å²) in [7, 11) is -2.27. The normalized spacial score (nSPS) is 15.4. The van der Waals surface area contributed by atoms with E-state index in [1.807, 2.05) is 36.4 Å². The van der Waals surface area contributed by atoms with E-state index in [4.69, 9.17) is 16.3 Å². The van der Waals surface area contributed by atoms with E-state index in [2.05, 4.69) is 29.2 Å². The van der Waals surface area contributed by atoms with Crippen molar-refractivity contribution in [3.05, 3.63) is 95.0 Å². The SMILES string of the molecule is COc1ccc(N([C@H](C)C(=O)N2CCN(C(c3ccccc3)c3ccccc3)CC2)S(C)(=O)=O)cc1Cl. The van der Waals surface area contributed by atoms with Gasteiger partial charge in [0.05, 0.1) is 30.1 Å². The van der Waals surface area contributed by atoms with Gasteiger partial charge in [-0.05, 0) is 36.2 Å². The van der Waals surface area contributed by atoms with Crippen LogP contribution in [0.3, 0.4) is 0 Å². The first-order valence-electron chi connectivity index (χ1n) is 12.2. The van der Waals surface area contributed by atoms with E-state index in [1.54, 1.807) is 24.0 Å². The van der Waals surface area contributed by atoms with E-state index in [-0.39, 0.29) is 17.0 Å². The van der Waals surface area contributed by atoms with Gasteiger partial charge < -0.3 is 9.64 Å². The number of piperazine rings is 1. The number of hydrogen-bond acceptors (Lipinski definition) is 5. The molecule has 4 rings (SSSR count). The molecule has 37 heavy (non-hydrogen) atoms. The number of carbonyl (C=O) groups excluding carboxylic acids is 1. The summed E-state index contributed by atoms with van der Waals surface area (Å²) in [6.07, 6.45) is 1.09. The highest BCUT2D eigenvalue weighted by Gasteiger charge is 2.35. The molecule has 0 aliphatic carbocycles. The minimum absolute atomic E-state index is 0.0750. The summed E-state index contributed by atoms with van der Waals surface area (Å²) in [6.45, 7) is 3.95. The Labute approximate surface area is 224 Å². The largest absolute Gasteiger partial charge is 0.495 e. The van der Waals surface area contributed by atoms with E-state index < -0.39 is 16.1 Å². The van der Waals surface area contributed by atoms with Crippen LogP contribution in [0.1, 0.15) is 24.1 Å². The Bertz CT molecular complexity index is 1270. The third kappa shape index (κ3) is 6.09. The highest BCUT2D eigenvalue weighted by Crippen LogP contribution is 2.32. The van der Waals surface area contributed by atoms with Crippen molar-refractivity contribution in [3.8, 4) is 5.75 Å². The lowest BCUT2D eigenvalue weighted by molar-refractivity contribution is -0.134. The molecule has 0 bridgehead atoms. The topological polar surface area (TPSA) is 70.2 Å². The van der Waals surface area contributed by atoms with Crippen LogP contribution in [0.25, 0.3) is 0 Å². The molecule has 0 spiro atoms. The molecule has 196 valence electrons. The summed E-state index contributed by atoms with van der Waals surface area (Å²) in [5.41, 5.74) is 2.71. The highest BCUT2D eigenvalue weighted by molar-refractivity contribution is 7.92. The van der Waals surface area contributed by atoms with E-state index >= 15 is 0 Å². The number of halogens is 1. The number of methoxy groups -OCH3 is 1. The van der Waals surface area contributed by atoms with E-state index in [0.29, 0.717) is 37.6 Å². The number of hydrogen-bond donors (Lipinski definition) is 0. The van der Waals surface area contributed by atoms with Crippen LogP contribution in [0.2, 0.25) is 5.02 Å². The zero-order valence-electron chi connectivity index (χ0n) is 21.2. The smallest absolute Gasteiger partial charge is 0.246 e. The van der Waals surface area contributed by atoms with Crippen LogP contribution in [0.15, 0.2) is 78.9 Å². The van der Waals surface area contributed by atoms with Crippen molar-refractivity contribution < 1.29 is 17.9 Å². The van der Waals surface area contributed by atoms with Crippen molar-refractivity contribution in [2.45, 2.75) is 19.0 Å². The molecule has 1 heterocycles. The lowest BCUT2D eigenvalue weighted by Gasteiger charge is -2.41. The Hall–Kier alpha value is -3.07. The quantitative estimate of drug-likeness (QED) is 0.422. The zero-order valence-corrected chi connectivity index (χ0v) is 22.8. The molecule has 0 saturated carbocycles. The number of ether oxygens (including phenoxy) is 1. The van der Waals surface area contributed by atoms with Gasteiger partial charge >= 0.3 is 0 Å². The second-order valence-corrected chi connectivity index (χ2v) is 11.4. The van der Waals surface area contributed by atoms with Gasteiger partial charge in [-0.25, -0.2) is 8.42 Å². The second-order valence-electron chi connectivity index (χ2n) is 9.14. The molecule has 1 atom stereocenters. The fraction of sp³-hybridized carbons (Fsp3) is 0.321. The number of nitrogens with zero attached hydrogens (tertiary/aromatic N) is 3. The first-order valence-corrected chi connectivity index (χ1v) is 14.4. The van der Waals surface area contributed by atoms with Crippen molar-refractivity contribution in [3.63, 3.8) is 0 Å². The average molecular weight is 542 g/mol. The molecular weight excluding hydrogens is 510 g/mol. The number of amides is 1. The molecule has 1 aliphatic heterocycles. The van der Waals surface area contributed by atoms with Crippen molar-refractivity contribution in [2.24, 2.45) is 0 Å². The summed E-state index contributed by atoms with van der Waals surface area (Å²) >= 11 is 6.26. The minimum atomic E-state index is -3.76. The van der Waals surface area contributed by atoms with E-state index in [1.165, 1.54) is 24.3 Å². The monoisotopic (exact) mass is 541 g/mol. The summed E-state index contributed by atoms with van der Waals surface area (Å²) in [4.78, 5) is 17.6. The van der Waals surface area contributed by atoms with Crippen LogP contribution in [0, 0.1) is 0 Å². The molecule has 0 radical (unpaired) electrons. The van der Waals surface area contributed by atoms with Crippen molar-refractivity contribution in [2.75, 3.05) is 43.8 Å². The maximum Gasteiger partial charge on any atom is 0.246 e. The molecule has 0 N–H and O–H groups in total. The van der Waals surface area contributed by atoms with Crippen LogP contribution >= 0.6 is 11.6 Å². The van der Waals surface area contributed by atoms with Crippen LogP contribution in [0.4, 0.5) is 5.69 Å². The van der Waals surface area contributed by atoms with E-state index in [9.17, 15) is 13.2 Å². The first-order chi connectivity index (χ1) is 17.7. The van der Waals surface area contributed by atoms with Gasteiger partial charge in [-0.3, -0.25) is 14.0 Å². The van der Waals surface area contributed by atoms with Gasteiger partial charge in [-0.2, -0.15) is 0 Å². The molecule has 1 aliphatic rings. The van der Waals surface area contributed by atoms with Gasteiger partial charge in [0.25, 0.3) is 0 Å². The Morgan fingerprint density at radius 3 is 1.92 bits per heavy atom. The summed E-state index contributed by atoms with van der Waals surface area (Å²) < 4.78 is 31.8. The number of benzene rings is 3. The third-order valence-electron chi connectivity index (χ3n) is 6.68. The van der Waals surface area contributed by atoms with Crippen molar-refractivity contribution >= 4 is 33.2 Å². The summed E-state index contributed by atoms with van der Waals surface area (Å²) in [6, 6.07) is 24.5. The number of rotatable bonds is 8. The summed E-state index contributed by atoms with van der Waals surface area (Å²) in [5, 5.41) is 0.273. The average Bonchev–Trinajstić information content (AvgIpc) is 2.89. The molecule has 1 saturated heterocycles. The molecule has 1 fully saturated rings. The molecule has 3 aromatic carbocycles. The Kier molecular flexibility index (Phi) is 8.42. The fourth-order valence-electron chi connectivity index (χ4n) is 4.94. The van der Waals surface area contributed by atoms with Gasteiger partial charge in [0.1, 0.15) is 11.8 Å². The molecular formula is C28H32ClN3O4S. The maximum absolute atomic E-state index is 13.5. The molecule has 9 heteroatoms. The van der Waals surface area contributed by atoms with Gasteiger partial charge in [-0.15, -0.1) is 0 Å². The lowest BCUT2D eigenvalue weighted by Crippen LogP contribution is -2.55. The maximum atomic E-state index is 13.5. The Balaban J connectivity index is 1.52. The molecule has 3 aromatic rings. The number of sulfonamides is 1. The van der Waals surface area contributed by atoms with Crippen LogP contribution in [0.5, 0.6) is 5.75 Å². The predicted octanol–water partition coefficient (Wildman–Crippen LogP) is 4.44. The van der Waals surface area contributed by atoms with Gasteiger partial charge in [-0.1, -0.05) is 72.3 Å². The predicted molar refractivity (Wildman–Crippen MR) is 148 cm³/mol. The van der Waals surface area contributed by atoms with Crippen LogP contribution in [-0.2, 0) is 14.8 Å². The lowest BCUT2D eigenvalue weighted by atomic mass is 9.96. The zero-order chi connectivity index (χ0) is 26.6. The molecule has 0 aromatic heterocycles.